The first-order chi connectivity index (χ1) is 20.8. The predicted molar refractivity (Wildman–Crippen MR) is 173 cm³/mol. The Morgan fingerprint density at radius 3 is 1.49 bits per heavy atom. The molecular formula is C36H31BN4O2. The molecule has 4 aromatic carbocycles. The van der Waals surface area contributed by atoms with Crippen molar-refractivity contribution in [3.8, 4) is 45.3 Å². The van der Waals surface area contributed by atoms with Crippen molar-refractivity contribution in [3.05, 3.63) is 115 Å². The molecule has 0 unspecified atom stereocenters. The summed E-state index contributed by atoms with van der Waals surface area (Å²) in [5.41, 5.74) is 5.69. The van der Waals surface area contributed by atoms with Crippen LogP contribution >= 0.6 is 0 Å². The van der Waals surface area contributed by atoms with Gasteiger partial charge in [0.05, 0.1) is 22.3 Å². The standard InChI is InChI=1S/C36H31BN4O2/c1-35(2)36(3,4)43-37(42-35)30-23-22-25-16-11-17-29(31(25)38-30)24-18-20-28(21-19-24)34-40-32(26-12-7-5-8-13-26)39-33(41-34)27-14-9-6-10-15-27/h5-23H,1-4H3. The lowest BCUT2D eigenvalue weighted by Gasteiger charge is -2.32. The molecule has 43 heavy (non-hydrogen) atoms. The Hall–Kier alpha value is -4.72. The van der Waals surface area contributed by atoms with Crippen LogP contribution in [0.4, 0.5) is 0 Å². The predicted octanol–water partition coefficient (Wildman–Crippen LogP) is 7.39. The van der Waals surface area contributed by atoms with E-state index in [2.05, 4.69) is 76.2 Å². The molecule has 3 heterocycles. The Labute approximate surface area is 252 Å². The van der Waals surface area contributed by atoms with Gasteiger partial charge in [-0.25, -0.2) is 15.0 Å². The highest BCUT2D eigenvalue weighted by Crippen LogP contribution is 2.37. The second-order valence-electron chi connectivity index (χ2n) is 11.8. The lowest BCUT2D eigenvalue weighted by Crippen LogP contribution is -2.41. The Balaban J connectivity index is 1.27. The Bertz CT molecular complexity index is 1850. The van der Waals surface area contributed by atoms with Gasteiger partial charge >= 0.3 is 7.12 Å². The molecule has 1 aliphatic rings. The smallest absolute Gasteiger partial charge is 0.398 e. The number of fused-ring (bicyclic) bond motifs is 1. The zero-order valence-corrected chi connectivity index (χ0v) is 24.7. The normalized spacial score (nSPS) is 15.6. The van der Waals surface area contributed by atoms with Crippen LogP contribution in [0.1, 0.15) is 27.7 Å². The van der Waals surface area contributed by atoms with Crippen molar-refractivity contribution in [2.45, 2.75) is 38.9 Å². The van der Waals surface area contributed by atoms with Crippen molar-refractivity contribution >= 4 is 23.6 Å². The maximum Gasteiger partial charge on any atom is 0.514 e. The number of para-hydroxylation sites is 1. The number of benzene rings is 4. The first-order valence-corrected chi connectivity index (χ1v) is 14.5. The van der Waals surface area contributed by atoms with Crippen LogP contribution in [0.2, 0.25) is 0 Å². The monoisotopic (exact) mass is 562 g/mol. The van der Waals surface area contributed by atoms with Gasteiger partial charge in [0.25, 0.3) is 0 Å². The number of hydrogen-bond donors (Lipinski definition) is 0. The average molecular weight is 562 g/mol. The molecule has 6 nitrogen and oxygen atoms in total. The zero-order valence-electron chi connectivity index (χ0n) is 24.7. The first-order valence-electron chi connectivity index (χ1n) is 14.5. The fourth-order valence-electron chi connectivity index (χ4n) is 5.23. The van der Waals surface area contributed by atoms with E-state index in [9.17, 15) is 0 Å². The van der Waals surface area contributed by atoms with Gasteiger partial charge in [-0.3, -0.25) is 4.98 Å². The zero-order chi connectivity index (χ0) is 29.6. The SMILES string of the molecule is CC1(C)OB(c2ccc3cccc(-c4ccc(-c5nc(-c6ccccc6)nc(-c6ccccc6)n5)cc4)c3n2)OC1(C)C. The van der Waals surface area contributed by atoms with E-state index in [0.29, 0.717) is 17.5 Å². The van der Waals surface area contributed by atoms with E-state index in [1.165, 1.54) is 0 Å². The van der Waals surface area contributed by atoms with Crippen LogP contribution in [-0.4, -0.2) is 38.3 Å². The molecule has 0 aliphatic carbocycles. The van der Waals surface area contributed by atoms with Crippen molar-refractivity contribution in [1.82, 2.24) is 19.9 Å². The van der Waals surface area contributed by atoms with Crippen molar-refractivity contribution in [2.75, 3.05) is 0 Å². The molecule has 0 radical (unpaired) electrons. The molecular weight excluding hydrogens is 531 g/mol. The lowest BCUT2D eigenvalue weighted by atomic mass is 9.83. The quantitative estimate of drug-likeness (QED) is 0.204. The minimum absolute atomic E-state index is 0.431. The van der Waals surface area contributed by atoms with Crippen molar-refractivity contribution in [1.29, 1.82) is 0 Å². The highest BCUT2D eigenvalue weighted by Gasteiger charge is 2.52. The number of hydrogen-bond acceptors (Lipinski definition) is 6. The van der Waals surface area contributed by atoms with E-state index in [4.69, 9.17) is 29.2 Å². The second kappa shape index (κ2) is 10.5. The van der Waals surface area contributed by atoms with E-state index >= 15 is 0 Å². The number of pyridine rings is 1. The summed E-state index contributed by atoms with van der Waals surface area (Å²) in [5.74, 6) is 1.90. The summed E-state index contributed by atoms with van der Waals surface area (Å²) in [5, 5.41) is 1.05. The molecule has 0 amide bonds. The molecule has 0 bridgehead atoms. The Kier molecular flexibility index (Phi) is 6.64. The number of nitrogens with zero attached hydrogens (tertiary/aromatic N) is 4. The van der Waals surface area contributed by atoms with E-state index in [0.717, 1.165) is 44.3 Å². The molecule has 2 aromatic heterocycles. The summed E-state index contributed by atoms with van der Waals surface area (Å²) < 4.78 is 12.6. The molecule has 1 fully saturated rings. The van der Waals surface area contributed by atoms with Gasteiger partial charge in [-0.2, -0.15) is 0 Å². The minimum atomic E-state index is -0.522. The van der Waals surface area contributed by atoms with Crippen molar-refractivity contribution in [3.63, 3.8) is 0 Å². The van der Waals surface area contributed by atoms with E-state index in [1.807, 2.05) is 66.7 Å². The van der Waals surface area contributed by atoms with Gasteiger partial charge in [0, 0.05) is 27.6 Å². The Morgan fingerprint density at radius 1 is 0.465 bits per heavy atom. The summed E-state index contributed by atoms with van der Waals surface area (Å²) >= 11 is 0. The highest BCUT2D eigenvalue weighted by molar-refractivity contribution is 6.61. The van der Waals surface area contributed by atoms with E-state index < -0.39 is 18.3 Å². The molecule has 210 valence electrons. The molecule has 1 aliphatic heterocycles. The van der Waals surface area contributed by atoms with Crippen LogP contribution < -0.4 is 5.59 Å². The Morgan fingerprint density at radius 2 is 0.953 bits per heavy atom. The molecule has 1 saturated heterocycles. The van der Waals surface area contributed by atoms with Crippen molar-refractivity contribution < 1.29 is 9.31 Å². The maximum absolute atomic E-state index is 6.29. The largest absolute Gasteiger partial charge is 0.514 e. The van der Waals surface area contributed by atoms with Gasteiger partial charge in [0.2, 0.25) is 0 Å². The third-order valence-corrected chi connectivity index (χ3v) is 8.39. The topological polar surface area (TPSA) is 70.0 Å². The van der Waals surface area contributed by atoms with Crippen molar-refractivity contribution in [2.24, 2.45) is 0 Å². The average Bonchev–Trinajstić information content (AvgIpc) is 3.27. The fourth-order valence-corrected chi connectivity index (χ4v) is 5.23. The third-order valence-electron chi connectivity index (χ3n) is 8.39. The maximum atomic E-state index is 6.29. The van der Waals surface area contributed by atoms with Gasteiger partial charge in [0.15, 0.2) is 17.5 Å². The van der Waals surface area contributed by atoms with Crippen LogP contribution in [0.3, 0.4) is 0 Å². The summed E-state index contributed by atoms with van der Waals surface area (Å²) in [6.07, 6.45) is 0. The minimum Gasteiger partial charge on any atom is -0.398 e. The fraction of sp³-hybridized carbons (Fsp3) is 0.167. The molecule has 6 aromatic rings. The lowest BCUT2D eigenvalue weighted by molar-refractivity contribution is 0.00578. The summed E-state index contributed by atoms with van der Waals surface area (Å²) in [6, 6.07) is 38.6. The summed E-state index contributed by atoms with van der Waals surface area (Å²) in [4.78, 5) is 19.6. The van der Waals surface area contributed by atoms with Gasteiger partial charge in [0.1, 0.15) is 0 Å². The second-order valence-corrected chi connectivity index (χ2v) is 11.8. The summed E-state index contributed by atoms with van der Waals surface area (Å²) in [7, 11) is -0.522. The number of rotatable bonds is 5. The van der Waals surface area contributed by atoms with Crippen LogP contribution in [0, 0.1) is 0 Å². The molecule has 7 rings (SSSR count). The van der Waals surface area contributed by atoms with E-state index in [-0.39, 0.29) is 0 Å². The van der Waals surface area contributed by atoms with E-state index in [1.54, 1.807) is 0 Å². The molecule has 0 spiro atoms. The van der Waals surface area contributed by atoms with Gasteiger partial charge < -0.3 is 9.31 Å². The van der Waals surface area contributed by atoms with Crippen LogP contribution in [0.5, 0.6) is 0 Å². The van der Waals surface area contributed by atoms with Crippen LogP contribution in [-0.2, 0) is 9.31 Å². The highest BCUT2D eigenvalue weighted by atomic mass is 16.7. The van der Waals surface area contributed by atoms with Gasteiger partial charge in [-0.05, 0) is 39.3 Å². The van der Waals surface area contributed by atoms with Gasteiger partial charge in [-0.15, -0.1) is 0 Å². The molecule has 0 saturated carbocycles. The van der Waals surface area contributed by atoms with Crippen LogP contribution in [0.15, 0.2) is 115 Å². The first kappa shape index (κ1) is 27.1. The molecule has 7 heteroatoms. The van der Waals surface area contributed by atoms with Crippen LogP contribution in [0.25, 0.3) is 56.2 Å². The molecule has 0 atom stereocenters. The third kappa shape index (κ3) is 5.11. The molecule has 0 N–H and O–H groups in total. The number of aromatic nitrogens is 4. The summed E-state index contributed by atoms with van der Waals surface area (Å²) in [6.45, 7) is 8.22. The van der Waals surface area contributed by atoms with Gasteiger partial charge in [-0.1, -0.05) is 109 Å².